The zero-order valence-electron chi connectivity index (χ0n) is 10.5. The van der Waals surface area contributed by atoms with Crippen LogP contribution in [0.1, 0.15) is 11.1 Å². The van der Waals surface area contributed by atoms with E-state index in [1.165, 1.54) is 0 Å². The van der Waals surface area contributed by atoms with Crippen LogP contribution in [0.25, 0.3) is 0 Å². The average Bonchev–Trinajstić information content (AvgIpc) is 2.42. The molecule has 0 amide bonds. The van der Waals surface area contributed by atoms with Crippen LogP contribution in [-0.2, 0) is 6.42 Å². The summed E-state index contributed by atoms with van der Waals surface area (Å²) < 4.78 is 0.874. The van der Waals surface area contributed by atoms with Crippen molar-refractivity contribution in [2.24, 2.45) is 0 Å². The van der Waals surface area contributed by atoms with E-state index in [-0.39, 0.29) is 0 Å². The molecule has 0 aliphatic carbocycles. The lowest BCUT2D eigenvalue weighted by molar-refractivity contribution is 1.02. The van der Waals surface area contributed by atoms with Crippen LogP contribution in [0.2, 0.25) is 10.0 Å². The summed E-state index contributed by atoms with van der Waals surface area (Å²) >= 11 is 15.4. The molecule has 2 aromatic carbocycles. The predicted octanol–water partition coefficient (Wildman–Crippen LogP) is 5.28. The monoisotopic (exact) mass is 368 g/mol. The number of nitriles is 1. The Hall–Kier alpha value is -1.21. The Morgan fingerprint density at radius 3 is 2.60 bits per heavy atom. The van der Waals surface area contributed by atoms with Crippen molar-refractivity contribution in [2.45, 2.75) is 6.42 Å². The molecule has 2 rings (SSSR count). The van der Waals surface area contributed by atoms with Gasteiger partial charge in [0.05, 0.1) is 11.6 Å². The summed E-state index contributed by atoms with van der Waals surface area (Å²) in [5.41, 5.74) is 2.63. The van der Waals surface area contributed by atoms with E-state index in [4.69, 9.17) is 28.5 Å². The number of benzene rings is 2. The maximum atomic E-state index is 8.81. The summed E-state index contributed by atoms with van der Waals surface area (Å²) in [5, 5.41) is 13.4. The molecule has 102 valence electrons. The molecule has 0 aliphatic rings. The van der Waals surface area contributed by atoms with Gasteiger partial charge in [0.2, 0.25) is 0 Å². The summed E-state index contributed by atoms with van der Waals surface area (Å²) in [5.74, 6) is 0. The van der Waals surface area contributed by atoms with Gasteiger partial charge in [0.1, 0.15) is 0 Å². The molecule has 2 aromatic rings. The van der Waals surface area contributed by atoms with Crippen molar-refractivity contribution in [3.63, 3.8) is 0 Å². The summed E-state index contributed by atoms with van der Waals surface area (Å²) in [4.78, 5) is 0. The van der Waals surface area contributed by atoms with Crippen molar-refractivity contribution in [3.05, 3.63) is 62.0 Å². The molecular formula is C15H11BrCl2N2. The third kappa shape index (κ3) is 3.89. The van der Waals surface area contributed by atoms with E-state index in [2.05, 4.69) is 27.3 Å². The average molecular weight is 370 g/mol. The molecule has 5 heteroatoms. The summed E-state index contributed by atoms with van der Waals surface area (Å²) in [6, 6.07) is 13.1. The van der Waals surface area contributed by atoms with Crippen LogP contribution in [0.3, 0.4) is 0 Å². The van der Waals surface area contributed by atoms with Gasteiger partial charge in [-0.1, -0.05) is 29.3 Å². The van der Waals surface area contributed by atoms with Crippen LogP contribution in [0.4, 0.5) is 5.69 Å². The minimum Gasteiger partial charge on any atom is -0.384 e. The molecule has 0 saturated heterocycles. The van der Waals surface area contributed by atoms with Crippen molar-refractivity contribution < 1.29 is 0 Å². The van der Waals surface area contributed by atoms with E-state index in [1.54, 1.807) is 18.2 Å². The quantitative estimate of drug-likeness (QED) is 0.795. The molecule has 0 spiro atoms. The van der Waals surface area contributed by atoms with Crippen LogP contribution >= 0.6 is 39.1 Å². The van der Waals surface area contributed by atoms with Gasteiger partial charge in [-0.05, 0) is 58.2 Å². The van der Waals surface area contributed by atoms with Crippen LogP contribution in [0.5, 0.6) is 0 Å². The van der Waals surface area contributed by atoms with Gasteiger partial charge >= 0.3 is 0 Å². The molecule has 0 aromatic heterocycles. The molecular weight excluding hydrogens is 359 g/mol. The van der Waals surface area contributed by atoms with Gasteiger partial charge in [-0.3, -0.25) is 0 Å². The Bertz CT molecular complexity index is 665. The number of hydrogen-bond acceptors (Lipinski definition) is 2. The van der Waals surface area contributed by atoms with E-state index in [9.17, 15) is 0 Å². The van der Waals surface area contributed by atoms with Gasteiger partial charge < -0.3 is 5.32 Å². The first-order chi connectivity index (χ1) is 9.60. The fourth-order valence-corrected chi connectivity index (χ4v) is 2.81. The third-order valence-corrected chi connectivity index (χ3v) is 4.07. The van der Waals surface area contributed by atoms with E-state index >= 15 is 0 Å². The molecule has 0 unspecified atom stereocenters. The molecule has 0 aliphatic heterocycles. The topological polar surface area (TPSA) is 35.8 Å². The number of hydrogen-bond donors (Lipinski definition) is 1. The van der Waals surface area contributed by atoms with Gasteiger partial charge in [-0.2, -0.15) is 5.26 Å². The highest BCUT2D eigenvalue weighted by Crippen LogP contribution is 2.24. The lowest BCUT2D eigenvalue weighted by Crippen LogP contribution is -2.05. The maximum Gasteiger partial charge on any atom is 0.0992 e. The minimum atomic E-state index is 0.628. The highest BCUT2D eigenvalue weighted by atomic mass is 79.9. The van der Waals surface area contributed by atoms with Crippen LogP contribution in [0, 0.1) is 11.3 Å². The highest BCUT2D eigenvalue weighted by Gasteiger charge is 2.03. The number of anilines is 1. The van der Waals surface area contributed by atoms with Crippen molar-refractivity contribution in [3.8, 4) is 6.07 Å². The van der Waals surface area contributed by atoms with Crippen LogP contribution in [0.15, 0.2) is 40.9 Å². The zero-order chi connectivity index (χ0) is 14.5. The zero-order valence-corrected chi connectivity index (χ0v) is 13.6. The fraction of sp³-hybridized carbons (Fsp3) is 0.133. The molecule has 0 radical (unpaired) electrons. The van der Waals surface area contributed by atoms with Crippen LogP contribution in [-0.4, -0.2) is 6.54 Å². The Labute approximate surface area is 136 Å². The van der Waals surface area contributed by atoms with Gasteiger partial charge in [-0.25, -0.2) is 0 Å². The smallest absolute Gasteiger partial charge is 0.0992 e. The van der Waals surface area contributed by atoms with Crippen molar-refractivity contribution in [1.29, 1.82) is 5.26 Å². The van der Waals surface area contributed by atoms with Crippen molar-refractivity contribution in [1.82, 2.24) is 0 Å². The fourth-order valence-electron chi connectivity index (χ4n) is 1.78. The number of nitrogens with one attached hydrogen (secondary N) is 1. The Morgan fingerprint density at radius 1 is 1.15 bits per heavy atom. The van der Waals surface area contributed by atoms with E-state index in [1.807, 2.05) is 18.2 Å². The second-order valence-electron chi connectivity index (χ2n) is 4.22. The highest BCUT2D eigenvalue weighted by molar-refractivity contribution is 9.10. The standard InChI is InChI=1S/C15H11BrCl2N2/c16-13-7-10(9-19)1-4-15(13)20-6-5-11-2-3-12(17)8-14(11)18/h1-4,7-8,20H,5-6H2. The maximum absolute atomic E-state index is 8.81. The van der Waals surface area contributed by atoms with E-state index < -0.39 is 0 Å². The molecule has 0 fully saturated rings. The molecule has 0 atom stereocenters. The lowest BCUT2D eigenvalue weighted by atomic mass is 10.1. The van der Waals surface area contributed by atoms with Gasteiger partial charge in [0.25, 0.3) is 0 Å². The molecule has 0 saturated carbocycles. The summed E-state index contributed by atoms with van der Waals surface area (Å²) in [6.07, 6.45) is 0.794. The largest absolute Gasteiger partial charge is 0.384 e. The normalized spacial score (nSPS) is 10.1. The molecule has 1 N–H and O–H groups in total. The Kier molecular flexibility index (Phi) is 5.31. The summed E-state index contributed by atoms with van der Waals surface area (Å²) in [6.45, 7) is 0.742. The summed E-state index contributed by atoms with van der Waals surface area (Å²) in [7, 11) is 0. The number of rotatable bonds is 4. The minimum absolute atomic E-state index is 0.628. The van der Waals surface area contributed by atoms with E-state index in [0.717, 1.165) is 28.7 Å². The third-order valence-electron chi connectivity index (χ3n) is 2.82. The lowest BCUT2D eigenvalue weighted by Gasteiger charge is -2.10. The first-order valence-electron chi connectivity index (χ1n) is 5.97. The molecule has 0 bridgehead atoms. The van der Waals surface area contributed by atoms with Crippen LogP contribution < -0.4 is 5.32 Å². The SMILES string of the molecule is N#Cc1ccc(NCCc2ccc(Cl)cc2Cl)c(Br)c1. The molecule has 20 heavy (non-hydrogen) atoms. The molecule has 2 nitrogen and oxygen atoms in total. The van der Waals surface area contributed by atoms with E-state index in [0.29, 0.717) is 15.6 Å². The first-order valence-corrected chi connectivity index (χ1v) is 7.52. The number of nitrogens with zero attached hydrogens (tertiary/aromatic N) is 1. The van der Waals surface area contributed by atoms with Gasteiger partial charge in [0.15, 0.2) is 0 Å². The Morgan fingerprint density at radius 2 is 1.95 bits per heavy atom. The Balaban J connectivity index is 1.98. The second kappa shape index (κ2) is 6.99. The second-order valence-corrected chi connectivity index (χ2v) is 5.92. The predicted molar refractivity (Wildman–Crippen MR) is 87.5 cm³/mol. The van der Waals surface area contributed by atoms with Gasteiger partial charge in [0, 0.05) is 26.8 Å². The number of halogens is 3. The van der Waals surface area contributed by atoms with Crippen molar-refractivity contribution in [2.75, 3.05) is 11.9 Å². The van der Waals surface area contributed by atoms with Gasteiger partial charge in [-0.15, -0.1) is 0 Å². The first kappa shape index (κ1) is 15.2. The molecule has 0 heterocycles. The van der Waals surface area contributed by atoms with Crippen molar-refractivity contribution >= 4 is 44.8 Å².